The van der Waals surface area contributed by atoms with Crippen molar-refractivity contribution < 1.29 is 14.2 Å². The van der Waals surface area contributed by atoms with Crippen LogP contribution >= 0.6 is 24.0 Å². The highest BCUT2D eigenvalue weighted by Gasteiger charge is 2.53. The molecule has 156 valence electrons. The second-order valence-electron chi connectivity index (χ2n) is 6.63. The monoisotopic (exact) mass is 485 g/mol. The lowest BCUT2D eigenvalue weighted by molar-refractivity contribution is -0.133. The predicted molar refractivity (Wildman–Crippen MR) is 119 cm³/mol. The van der Waals surface area contributed by atoms with Gasteiger partial charge in [0, 0.05) is 45.4 Å². The molecule has 0 saturated heterocycles. The Morgan fingerprint density at radius 3 is 2.42 bits per heavy atom. The third-order valence-electron chi connectivity index (χ3n) is 5.44. The minimum atomic E-state index is 0. The maximum absolute atomic E-state index is 5.95. The summed E-state index contributed by atoms with van der Waals surface area (Å²) < 4.78 is 16.4. The summed E-state index contributed by atoms with van der Waals surface area (Å²) in [6.45, 7) is 10.4. The molecule has 0 bridgehead atoms. The van der Waals surface area contributed by atoms with Crippen molar-refractivity contribution in [2.24, 2.45) is 10.4 Å². The molecule has 0 radical (unpaired) electrons. The normalized spacial score (nSPS) is 21.7. The zero-order chi connectivity index (χ0) is 18.5. The van der Waals surface area contributed by atoms with Crippen molar-refractivity contribution in [1.82, 2.24) is 10.6 Å². The first-order chi connectivity index (χ1) is 12.2. The van der Waals surface area contributed by atoms with Gasteiger partial charge in [-0.3, -0.25) is 4.99 Å². The molecule has 6 nitrogen and oxygen atoms in total. The highest BCUT2D eigenvalue weighted by molar-refractivity contribution is 14.0. The maximum Gasteiger partial charge on any atom is 0.191 e. The second kappa shape index (κ2) is 14.9. The van der Waals surface area contributed by atoms with Crippen molar-refractivity contribution in [3.8, 4) is 0 Å². The van der Waals surface area contributed by atoms with Gasteiger partial charge < -0.3 is 24.8 Å². The number of halogens is 1. The predicted octanol–water partition coefficient (Wildman–Crippen LogP) is 3.20. The quantitative estimate of drug-likeness (QED) is 0.182. The minimum absolute atomic E-state index is 0. The molecule has 1 aliphatic carbocycles. The number of hydrogen-bond donors (Lipinski definition) is 2. The van der Waals surface area contributed by atoms with Gasteiger partial charge in [-0.1, -0.05) is 13.8 Å². The van der Waals surface area contributed by atoms with Crippen LogP contribution in [0.3, 0.4) is 0 Å². The van der Waals surface area contributed by atoms with E-state index < -0.39 is 0 Å². The highest BCUT2D eigenvalue weighted by atomic mass is 127. The van der Waals surface area contributed by atoms with Crippen LogP contribution in [0.25, 0.3) is 0 Å². The molecule has 1 fully saturated rings. The molecule has 0 aromatic heterocycles. The molecule has 7 heteroatoms. The zero-order valence-corrected chi connectivity index (χ0v) is 19.6. The molecule has 0 aromatic carbocycles. The summed E-state index contributed by atoms with van der Waals surface area (Å²) in [5.74, 6) is 0.895. The summed E-state index contributed by atoms with van der Waals surface area (Å²) in [6.07, 6.45) is 5.78. The van der Waals surface area contributed by atoms with E-state index in [2.05, 4.69) is 36.4 Å². The first-order valence-corrected chi connectivity index (χ1v) is 9.83. The summed E-state index contributed by atoms with van der Waals surface area (Å²) in [4.78, 5) is 4.38. The van der Waals surface area contributed by atoms with Crippen molar-refractivity contribution in [1.29, 1.82) is 0 Å². The molecule has 0 spiro atoms. The Hall–Kier alpha value is -0.120. The van der Waals surface area contributed by atoms with Gasteiger partial charge in [0.05, 0.1) is 19.3 Å². The Morgan fingerprint density at radius 1 is 1.12 bits per heavy atom. The van der Waals surface area contributed by atoms with E-state index in [0.29, 0.717) is 25.4 Å². The summed E-state index contributed by atoms with van der Waals surface area (Å²) >= 11 is 0. The number of guanidine groups is 1. The van der Waals surface area contributed by atoms with Gasteiger partial charge in [-0.15, -0.1) is 24.0 Å². The van der Waals surface area contributed by atoms with Crippen molar-refractivity contribution in [3.05, 3.63) is 0 Å². The molecular formula is C19H40IN3O3. The Morgan fingerprint density at radius 2 is 1.85 bits per heavy atom. The molecular weight excluding hydrogens is 445 g/mol. The first kappa shape index (κ1) is 25.9. The Balaban J connectivity index is 0.00000625. The fourth-order valence-electron chi connectivity index (χ4n) is 3.72. The van der Waals surface area contributed by atoms with Gasteiger partial charge in [0.15, 0.2) is 5.96 Å². The van der Waals surface area contributed by atoms with E-state index in [9.17, 15) is 0 Å². The lowest BCUT2D eigenvalue weighted by Gasteiger charge is -2.55. The number of hydrogen-bond acceptors (Lipinski definition) is 4. The van der Waals surface area contributed by atoms with Crippen LogP contribution in [0, 0.1) is 5.41 Å². The lowest BCUT2D eigenvalue weighted by Crippen LogP contribution is -2.65. The second-order valence-corrected chi connectivity index (χ2v) is 6.63. The van der Waals surface area contributed by atoms with E-state index in [-0.39, 0.29) is 29.4 Å². The van der Waals surface area contributed by atoms with Crippen LogP contribution in [0.15, 0.2) is 4.99 Å². The van der Waals surface area contributed by atoms with Crippen LogP contribution in [-0.2, 0) is 14.2 Å². The molecule has 0 aliphatic heterocycles. The van der Waals surface area contributed by atoms with Crippen LogP contribution in [-0.4, -0.2) is 65.2 Å². The van der Waals surface area contributed by atoms with Gasteiger partial charge in [-0.25, -0.2) is 0 Å². The summed E-state index contributed by atoms with van der Waals surface area (Å²) in [6, 6.07) is 0.433. The molecule has 2 atom stereocenters. The van der Waals surface area contributed by atoms with Crippen molar-refractivity contribution >= 4 is 29.9 Å². The molecule has 2 N–H and O–H groups in total. The van der Waals surface area contributed by atoms with E-state index in [0.717, 1.165) is 57.8 Å². The third-order valence-corrected chi connectivity index (χ3v) is 5.44. The topological polar surface area (TPSA) is 64.1 Å². The third kappa shape index (κ3) is 7.48. The number of unbranched alkanes of at least 4 members (excludes halogenated alkanes) is 1. The van der Waals surface area contributed by atoms with Gasteiger partial charge >= 0.3 is 0 Å². The van der Waals surface area contributed by atoms with Crippen LogP contribution in [0.5, 0.6) is 0 Å². The maximum atomic E-state index is 5.95. The van der Waals surface area contributed by atoms with Crippen molar-refractivity contribution in [3.63, 3.8) is 0 Å². The molecule has 1 aliphatic rings. The minimum Gasteiger partial charge on any atom is -0.382 e. The lowest BCUT2D eigenvalue weighted by atomic mass is 9.58. The Kier molecular flexibility index (Phi) is 14.8. The smallest absolute Gasteiger partial charge is 0.191 e. The Bertz CT molecular complexity index is 379. The molecule has 1 saturated carbocycles. The first-order valence-electron chi connectivity index (χ1n) is 9.83. The van der Waals surface area contributed by atoms with E-state index in [1.54, 1.807) is 7.11 Å². The largest absolute Gasteiger partial charge is 0.382 e. The molecule has 0 aromatic rings. The molecule has 0 heterocycles. The summed E-state index contributed by atoms with van der Waals surface area (Å²) in [7, 11) is 3.53. The molecule has 2 unspecified atom stereocenters. The number of nitrogens with zero attached hydrogens (tertiary/aromatic N) is 1. The number of nitrogens with one attached hydrogen (secondary N) is 2. The van der Waals surface area contributed by atoms with Gasteiger partial charge in [-0.05, 0) is 39.0 Å². The Labute approximate surface area is 177 Å². The average Bonchev–Trinajstić information content (AvgIpc) is 2.62. The summed E-state index contributed by atoms with van der Waals surface area (Å²) in [5.41, 5.74) is 0.225. The fourth-order valence-corrected chi connectivity index (χ4v) is 3.72. The van der Waals surface area contributed by atoms with Gasteiger partial charge in [0.25, 0.3) is 0 Å². The average molecular weight is 485 g/mol. The SMILES string of the molecule is CCOC1CC(NC(=NC)NCCCCOCCOC)C1(CC)CC.I. The fraction of sp³-hybridized carbons (Fsp3) is 0.947. The van der Waals surface area contributed by atoms with Crippen molar-refractivity contribution in [2.75, 3.05) is 47.1 Å². The van der Waals surface area contributed by atoms with Gasteiger partial charge in [-0.2, -0.15) is 0 Å². The van der Waals surface area contributed by atoms with Crippen LogP contribution < -0.4 is 10.6 Å². The van der Waals surface area contributed by atoms with E-state index in [4.69, 9.17) is 14.2 Å². The van der Waals surface area contributed by atoms with Gasteiger partial charge in [0.1, 0.15) is 0 Å². The highest BCUT2D eigenvalue weighted by Crippen LogP contribution is 2.48. The van der Waals surface area contributed by atoms with E-state index >= 15 is 0 Å². The van der Waals surface area contributed by atoms with E-state index in [1.165, 1.54) is 0 Å². The standard InChI is InChI=1S/C19H39N3O3.HI/c1-6-19(7-2)16(15-17(19)25-8-3)22-18(20-4)21-11-9-10-12-24-14-13-23-5;/h16-17H,6-15H2,1-5H3,(H2,20,21,22);1H. The van der Waals surface area contributed by atoms with Crippen LogP contribution in [0.2, 0.25) is 0 Å². The molecule has 0 amide bonds. The zero-order valence-electron chi connectivity index (χ0n) is 17.3. The van der Waals surface area contributed by atoms with Crippen LogP contribution in [0.4, 0.5) is 0 Å². The number of rotatable bonds is 13. The van der Waals surface area contributed by atoms with Gasteiger partial charge in [0.2, 0.25) is 0 Å². The van der Waals surface area contributed by atoms with Crippen molar-refractivity contribution in [2.45, 2.75) is 65.0 Å². The number of methoxy groups -OCH3 is 1. The van der Waals surface area contributed by atoms with E-state index in [1.807, 2.05) is 7.05 Å². The summed E-state index contributed by atoms with van der Waals surface area (Å²) in [5, 5.41) is 7.04. The molecule has 1 rings (SSSR count). The molecule has 26 heavy (non-hydrogen) atoms. The van der Waals surface area contributed by atoms with Crippen LogP contribution in [0.1, 0.15) is 52.9 Å². The number of aliphatic imine (C=N–C) groups is 1. The number of ether oxygens (including phenoxy) is 3.